The third kappa shape index (κ3) is 3.74. The van der Waals surface area contributed by atoms with Gasteiger partial charge in [0.15, 0.2) is 5.11 Å². The summed E-state index contributed by atoms with van der Waals surface area (Å²) in [5.41, 5.74) is 7.32. The van der Waals surface area contributed by atoms with Crippen molar-refractivity contribution in [1.29, 1.82) is 0 Å². The molecule has 0 amide bonds. The van der Waals surface area contributed by atoms with Gasteiger partial charge in [-0.15, -0.1) is 0 Å². The van der Waals surface area contributed by atoms with Crippen molar-refractivity contribution in [1.82, 2.24) is 19.8 Å². The van der Waals surface area contributed by atoms with E-state index in [0.717, 1.165) is 30.2 Å². The average molecular weight is 419 g/mol. The quantitative estimate of drug-likeness (QED) is 0.531. The second-order valence-corrected chi connectivity index (χ2v) is 8.56. The van der Waals surface area contributed by atoms with Gasteiger partial charge < -0.3 is 14.8 Å². The molecule has 0 radical (unpaired) electrons. The first-order valence-corrected chi connectivity index (χ1v) is 11.2. The average Bonchev–Trinajstić information content (AvgIpc) is 3.22. The number of hydrogen-bond donors (Lipinski definition) is 1. The SMILES string of the molecule is CCCCN1C(=S)NC(c2ccccn2)C1c1cc(C)n(-c2cccc(C)c2)c1C. The molecule has 156 valence electrons. The Bertz CT molecular complexity index is 1040. The van der Waals surface area contributed by atoms with Crippen LogP contribution >= 0.6 is 12.2 Å². The van der Waals surface area contributed by atoms with E-state index >= 15 is 0 Å². The number of unbranched alkanes of at least 4 members (excludes halogenated alkanes) is 1. The maximum absolute atomic E-state index is 5.78. The molecule has 1 aliphatic heterocycles. The zero-order valence-corrected chi connectivity index (χ0v) is 19.0. The van der Waals surface area contributed by atoms with Crippen LogP contribution in [0.2, 0.25) is 0 Å². The van der Waals surface area contributed by atoms with Gasteiger partial charge in [-0.3, -0.25) is 4.98 Å². The van der Waals surface area contributed by atoms with Gasteiger partial charge in [0.1, 0.15) is 0 Å². The molecule has 1 saturated heterocycles. The van der Waals surface area contributed by atoms with Crippen LogP contribution in [0.3, 0.4) is 0 Å². The van der Waals surface area contributed by atoms with Gasteiger partial charge >= 0.3 is 0 Å². The fraction of sp³-hybridized carbons (Fsp3) is 0.360. The van der Waals surface area contributed by atoms with Gasteiger partial charge in [-0.2, -0.15) is 0 Å². The van der Waals surface area contributed by atoms with Crippen LogP contribution in [0.1, 0.15) is 60.1 Å². The Morgan fingerprint density at radius 1 is 1.07 bits per heavy atom. The van der Waals surface area contributed by atoms with Gasteiger partial charge in [0.25, 0.3) is 0 Å². The van der Waals surface area contributed by atoms with Crippen LogP contribution < -0.4 is 5.32 Å². The molecule has 0 spiro atoms. The van der Waals surface area contributed by atoms with Gasteiger partial charge in [0, 0.05) is 29.8 Å². The molecule has 1 aliphatic rings. The van der Waals surface area contributed by atoms with Crippen molar-refractivity contribution >= 4 is 17.3 Å². The van der Waals surface area contributed by atoms with E-state index in [4.69, 9.17) is 12.2 Å². The third-order valence-electron chi connectivity index (χ3n) is 6.00. The summed E-state index contributed by atoms with van der Waals surface area (Å²) < 4.78 is 2.36. The molecular weight excluding hydrogens is 388 g/mol. The molecule has 4 nitrogen and oxygen atoms in total. The molecule has 2 atom stereocenters. The number of nitrogens with one attached hydrogen (secondary N) is 1. The summed E-state index contributed by atoms with van der Waals surface area (Å²) in [5.74, 6) is 0. The summed E-state index contributed by atoms with van der Waals surface area (Å²) in [6.07, 6.45) is 4.12. The number of nitrogens with zero attached hydrogens (tertiary/aromatic N) is 3. The van der Waals surface area contributed by atoms with Crippen LogP contribution in [-0.4, -0.2) is 26.1 Å². The molecule has 1 N–H and O–H groups in total. The van der Waals surface area contributed by atoms with E-state index in [2.05, 4.69) is 89.9 Å². The molecule has 30 heavy (non-hydrogen) atoms. The molecule has 0 aliphatic carbocycles. The van der Waals surface area contributed by atoms with Gasteiger partial charge in [0.05, 0.1) is 17.8 Å². The van der Waals surface area contributed by atoms with E-state index in [-0.39, 0.29) is 12.1 Å². The number of pyridine rings is 1. The Morgan fingerprint density at radius 2 is 1.90 bits per heavy atom. The predicted octanol–water partition coefficient (Wildman–Crippen LogP) is 5.57. The van der Waals surface area contributed by atoms with Gasteiger partial charge in [-0.25, -0.2) is 0 Å². The smallest absolute Gasteiger partial charge is 0.170 e. The van der Waals surface area contributed by atoms with Crippen LogP contribution in [-0.2, 0) is 0 Å². The van der Waals surface area contributed by atoms with Crippen molar-refractivity contribution in [3.05, 3.63) is 82.9 Å². The highest BCUT2D eigenvalue weighted by molar-refractivity contribution is 7.80. The molecule has 2 aromatic heterocycles. The number of benzene rings is 1. The lowest BCUT2D eigenvalue weighted by atomic mass is 9.96. The second-order valence-electron chi connectivity index (χ2n) is 8.17. The van der Waals surface area contributed by atoms with Crippen molar-refractivity contribution in [3.8, 4) is 5.69 Å². The Hall–Kier alpha value is -2.66. The fourth-order valence-electron chi connectivity index (χ4n) is 4.56. The molecule has 5 heteroatoms. The van der Waals surface area contributed by atoms with E-state index < -0.39 is 0 Å². The van der Waals surface area contributed by atoms with Gasteiger partial charge in [0.2, 0.25) is 0 Å². The molecule has 3 heterocycles. The lowest BCUT2D eigenvalue weighted by Gasteiger charge is -2.28. The Balaban J connectivity index is 1.82. The molecule has 0 bridgehead atoms. The number of rotatable bonds is 6. The molecular formula is C25H30N4S. The lowest BCUT2D eigenvalue weighted by Crippen LogP contribution is -2.30. The fourth-order valence-corrected chi connectivity index (χ4v) is 4.90. The zero-order valence-electron chi connectivity index (χ0n) is 18.2. The molecule has 0 saturated carbocycles. The minimum absolute atomic E-state index is 0.0435. The van der Waals surface area contributed by atoms with Crippen LogP contribution in [0.5, 0.6) is 0 Å². The van der Waals surface area contributed by atoms with E-state index in [1.165, 1.54) is 28.2 Å². The minimum Gasteiger partial charge on any atom is -0.352 e. The zero-order chi connectivity index (χ0) is 21.3. The van der Waals surface area contributed by atoms with Crippen LogP contribution in [0.25, 0.3) is 5.69 Å². The summed E-state index contributed by atoms with van der Waals surface area (Å²) in [5, 5.41) is 4.39. The highest BCUT2D eigenvalue weighted by atomic mass is 32.1. The largest absolute Gasteiger partial charge is 0.352 e. The van der Waals surface area contributed by atoms with Crippen LogP contribution in [0.15, 0.2) is 54.7 Å². The van der Waals surface area contributed by atoms with Crippen LogP contribution in [0, 0.1) is 20.8 Å². The second kappa shape index (κ2) is 8.60. The first-order chi connectivity index (χ1) is 14.5. The predicted molar refractivity (Wildman–Crippen MR) is 127 cm³/mol. The topological polar surface area (TPSA) is 33.1 Å². The number of aromatic nitrogens is 2. The lowest BCUT2D eigenvalue weighted by molar-refractivity contribution is 0.312. The number of hydrogen-bond acceptors (Lipinski definition) is 2. The highest BCUT2D eigenvalue weighted by Crippen LogP contribution is 2.41. The number of thiocarbonyl (C=S) groups is 1. The summed E-state index contributed by atoms with van der Waals surface area (Å²) in [6.45, 7) is 9.72. The van der Waals surface area contributed by atoms with Crippen molar-refractivity contribution in [2.75, 3.05) is 6.54 Å². The van der Waals surface area contributed by atoms with E-state index in [1.54, 1.807) is 0 Å². The summed E-state index contributed by atoms with van der Waals surface area (Å²) in [6, 6.07) is 17.3. The van der Waals surface area contributed by atoms with Crippen molar-refractivity contribution < 1.29 is 0 Å². The Kier molecular flexibility index (Phi) is 5.91. The van der Waals surface area contributed by atoms with Crippen molar-refractivity contribution in [3.63, 3.8) is 0 Å². The third-order valence-corrected chi connectivity index (χ3v) is 6.35. The monoisotopic (exact) mass is 418 g/mol. The maximum atomic E-state index is 5.78. The molecule has 2 unspecified atom stereocenters. The standard InChI is InChI=1S/C25H30N4S/c1-5-6-14-28-24(23(27-25(28)30)22-12-7-8-13-26-22)21-16-18(3)29(19(21)4)20-11-9-10-17(2)15-20/h7-13,15-16,23-24H,5-6,14H2,1-4H3,(H,27,30). The van der Waals surface area contributed by atoms with E-state index in [9.17, 15) is 0 Å². The summed E-state index contributed by atoms with van der Waals surface area (Å²) >= 11 is 5.78. The van der Waals surface area contributed by atoms with E-state index in [1.807, 2.05) is 12.3 Å². The van der Waals surface area contributed by atoms with E-state index in [0.29, 0.717) is 0 Å². The van der Waals surface area contributed by atoms with Gasteiger partial charge in [-0.05, 0) is 80.9 Å². The minimum atomic E-state index is 0.0435. The molecule has 1 aromatic carbocycles. The van der Waals surface area contributed by atoms with Gasteiger partial charge in [-0.1, -0.05) is 31.5 Å². The molecule has 4 rings (SSSR count). The number of aryl methyl sites for hydroxylation is 2. The first kappa shape index (κ1) is 20.6. The van der Waals surface area contributed by atoms with Crippen LogP contribution in [0.4, 0.5) is 0 Å². The molecule has 1 fully saturated rings. The van der Waals surface area contributed by atoms with Crippen molar-refractivity contribution in [2.45, 2.75) is 52.6 Å². The Morgan fingerprint density at radius 3 is 2.60 bits per heavy atom. The highest BCUT2D eigenvalue weighted by Gasteiger charge is 2.41. The van der Waals surface area contributed by atoms with Crippen molar-refractivity contribution in [2.24, 2.45) is 0 Å². The summed E-state index contributed by atoms with van der Waals surface area (Å²) in [7, 11) is 0. The summed E-state index contributed by atoms with van der Waals surface area (Å²) in [4.78, 5) is 7.02. The normalized spacial score (nSPS) is 18.7. The molecule has 3 aromatic rings. The Labute approximate surface area is 184 Å². The maximum Gasteiger partial charge on any atom is 0.170 e. The first-order valence-electron chi connectivity index (χ1n) is 10.7.